The van der Waals surface area contributed by atoms with E-state index in [1.807, 2.05) is 6.92 Å². The first kappa shape index (κ1) is 12.8. The van der Waals surface area contributed by atoms with Gasteiger partial charge in [-0.3, -0.25) is 9.59 Å². The molecule has 86 valence electrons. The second-order valence-electron chi connectivity index (χ2n) is 3.87. The Morgan fingerprint density at radius 2 is 2.06 bits per heavy atom. The highest BCUT2D eigenvalue weighted by atomic mass is 32.2. The number of carbonyl (C=O) groups excluding carboxylic acids is 2. The predicted molar refractivity (Wildman–Crippen MR) is 65.3 cm³/mol. The minimum atomic E-state index is -0.851. The Balaban J connectivity index is 3.26. The summed E-state index contributed by atoms with van der Waals surface area (Å²) >= 11 is 0.948. The molecule has 0 aromatic carbocycles. The van der Waals surface area contributed by atoms with Crippen LogP contribution in [0.5, 0.6) is 0 Å². The topological polar surface area (TPSA) is 54.4 Å². The van der Waals surface area contributed by atoms with Gasteiger partial charge in [0.1, 0.15) is 11.3 Å². The summed E-state index contributed by atoms with van der Waals surface area (Å²) in [6.07, 6.45) is 3.36. The maximum Gasteiger partial charge on any atom is 0.227 e. The second-order valence-corrected chi connectivity index (χ2v) is 5.29. The van der Waals surface area contributed by atoms with Crippen LogP contribution in [-0.4, -0.2) is 20.8 Å². The second kappa shape index (κ2) is 4.29. The van der Waals surface area contributed by atoms with E-state index < -0.39 is 10.5 Å². The maximum atomic E-state index is 11.6. The smallest absolute Gasteiger partial charge is 0.227 e. The van der Waals surface area contributed by atoms with Crippen LogP contribution in [0.15, 0.2) is 35.6 Å². The van der Waals surface area contributed by atoms with Crippen molar-refractivity contribution in [3.05, 3.63) is 35.6 Å². The van der Waals surface area contributed by atoms with Gasteiger partial charge in [0.2, 0.25) is 5.12 Å². The van der Waals surface area contributed by atoms with Crippen molar-refractivity contribution in [3.8, 4) is 0 Å². The SMILES string of the molecule is C=C/C(C)=C\[C@@]1(C)SC(=O)C(C(C)=O)=C1O. The van der Waals surface area contributed by atoms with E-state index in [0.29, 0.717) is 0 Å². The van der Waals surface area contributed by atoms with Gasteiger partial charge in [0.05, 0.1) is 4.75 Å². The van der Waals surface area contributed by atoms with Gasteiger partial charge in [-0.05, 0) is 20.8 Å². The predicted octanol–water partition coefficient (Wildman–Crippen LogP) is 2.55. The van der Waals surface area contributed by atoms with Gasteiger partial charge in [-0.25, -0.2) is 0 Å². The average molecular weight is 238 g/mol. The van der Waals surface area contributed by atoms with E-state index in [9.17, 15) is 14.7 Å². The fourth-order valence-corrected chi connectivity index (χ4v) is 2.71. The molecule has 16 heavy (non-hydrogen) atoms. The zero-order valence-corrected chi connectivity index (χ0v) is 10.4. The fourth-order valence-electron chi connectivity index (χ4n) is 1.54. The lowest BCUT2D eigenvalue weighted by atomic mass is 10.0. The summed E-state index contributed by atoms with van der Waals surface area (Å²) < 4.78 is -0.851. The summed E-state index contributed by atoms with van der Waals surface area (Å²) in [5, 5.41) is 9.56. The third-order valence-corrected chi connectivity index (χ3v) is 3.52. The normalized spacial score (nSPS) is 26.2. The molecule has 4 heteroatoms. The number of ketones is 1. The summed E-state index contributed by atoms with van der Waals surface area (Å²) in [5.41, 5.74) is 0.750. The number of rotatable bonds is 3. The zero-order valence-electron chi connectivity index (χ0n) is 9.53. The van der Waals surface area contributed by atoms with E-state index in [4.69, 9.17) is 0 Å². The third kappa shape index (κ3) is 2.11. The largest absolute Gasteiger partial charge is 0.510 e. The molecule has 3 nitrogen and oxygen atoms in total. The van der Waals surface area contributed by atoms with E-state index in [-0.39, 0.29) is 16.4 Å². The molecular formula is C12H14O3S. The first-order valence-corrected chi connectivity index (χ1v) is 5.63. The third-order valence-electron chi connectivity index (χ3n) is 2.39. The van der Waals surface area contributed by atoms with Crippen LogP contribution in [-0.2, 0) is 9.59 Å². The molecule has 0 radical (unpaired) electrons. The number of carbonyl (C=O) groups is 2. The molecule has 0 bridgehead atoms. The van der Waals surface area contributed by atoms with Crippen LogP contribution in [0, 0.1) is 0 Å². The number of hydrogen-bond donors (Lipinski definition) is 1. The van der Waals surface area contributed by atoms with E-state index in [1.165, 1.54) is 6.92 Å². The lowest BCUT2D eigenvalue weighted by Gasteiger charge is -2.18. The lowest BCUT2D eigenvalue weighted by molar-refractivity contribution is -0.116. The Morgan fingerprint density at radius 1 is 1.50 bits per heavy atom. The van der Waals surface area contributed by atoms with Crippen LogP contribution >= 0.6 is 11.8 Å². The Kier molecular flexibility index (Phi) is 3.43. The molecule has 1 aliphatic heterocycles. The first-order chi connectivity index (χ1) is 7.31. The van der Waals surface area contributed by atoms with Crippen molar-refractivity contribution in [3.63, 3.8) is 0 Å². The molecule has 0 saturated carbocycles. The summed E-state index contributed by atoms with van der Waals surface area (Å²) in [5.74, 6) is -0.556. The van der Waals surface area contributed by atoms with Crippen LogP contribution in [0.25, 0.3) is 0 Å². The fraction of sp³-hybridized carbons (Fsp3) is 0.333. The molecule has 0 fully saturated rings. The van der Waals surface area contributed by atoms with Gasteiger partial charge in [-0.15, -0.1) is 0 Å². The molecular weight excluding hydrogens is 224 g/mol. The van der Waals surface area contributed by atoms with Gasteiger partial charge < -0.3 is 5.11 Å². The Labute approximate surface area is 98.9 Å². The van der Waals surface area contributed by atoms with E-state index in [1.54, 1.807) is 19.1 Å². The number of aliphatic hydroxyl groups excluding tert-OH is 1. The Morgan fingerprint density at radius 3 is 2.44 bits per heavy atom. The molecule has 1 aliphatic rings. The lowest BCUT2D eigenvalue weighted by Crippen LogP contribution is -2.18. The van der Waals surface area contributed by atoms with E-state index in [0.717, 1.165) is 17.3 Å². The van der Waals surface area contributed by atoms with Crippen LogP contribution in [0.3, 0.4) is 0 Å². The molecule has 1 rings (SSSR count). The van der Waals surface area contributed by atoms with Crippen molar-refractivity contribution in [1.82, 2.24) is 0 Å². The van der Waals surface area contributed by atoms with Crippen LogP contribution < -0.4 is 0 Å². The first-order valence-electron chi connectivity index (χ1n) is 4.81. The number of thioether (sulfide) groups is 1. The minimum Gasteiger partial charge on any atom is -0.510 e. The zero-order chi connectivity index (χ0) is 12.5. The van der Waals surface area contributed by atoms with Crippen LogP contribution in [0.2, 0.25) is 0 Å². The molecule has 0 aliphatic carbocycles. The Hall–Kier alpha value is -1.29. The monoisotopic (exact) mass is 238 g/mol. The highest BCUT2D eigenvalue weighted by Crippen LogP contribution is 2.44. The van der Waals surface area contributed by atoms with Crippen LogP contribution in [0.4, 0.5) is 0 Å². The number of allylic oxidation sites excluding steroid dienone is 2. The molecule has 0 saturated heterocycles. The van der Waals surface area contributed by atoms with Gasteiger partial charge >= 0.3 is 0 Å². The number of aliphatic hydroxyl groups is 1. The van der Waals surface area contributed by atoms with Crippen molar-refractivity contribution in [1.29, 1.82) is 0 Å². The number of Topliss-reactive ketones (excluding diaryl/α,β-unsaturated/α-hetero) is 1. The van der Waals surface area contributed by atoms with Crippen LogP contribution in [0.1, 0.15) is 20.8 Å². The Bertz CT molecular complexity index is 432. The van der Waals surface area contributed by atoms with Crippen molar-refractivity contribution >= 4 is 22.7 Å². The van der Waals surface area contributed by atoms with Crippen molar-refractivity contribution in [2.45, 2.75) is 25.5 Å². The van der Waals surface area contributed by atoms with Gasteiger partial charge in [0.15, 0.2) is 5.78 Å². The van der Waals surface area contributed by atoms with Crippen molar-refractivity contribution < 1.29 is 14.7 Å². The number of hydrogen-bond acceptors (Lipinski definition) is 4. The van der Waals surface area contributed by atoms with E-state index in [2.05, 4.69) is 6.58 Å². The average Bonchev–Trinajstić information content (AvgIpc) is 2.37. The summed E-state index contributed by atoms with van der Waals surface area (Å²) in [6.45, 7) is 8.41. The molecule has 0 amide bonds. The highest BCUT2D eigenvalue weighted by Gasteiger charge is 2.43. The van der Waals surface area contributed by atoms with E-state index >= 15 is 0 Å². The van der Waals surface area contributed by atoms with Gasteiger partial charge in [0, 0.05) is 0 Å². The standard InChI is InChI=1S/C12H14O3S/c1-5-7(2)6-12(4)10(14)9(8(3)13)11(15)16-12/h5-6,14H,1H2,2-4H3/b7-6-/t12-/m1/s1. The summed E-state index contributed by atoms with van der Waals surface area (Å²) in [6, 6.07) is 0. The van der Waals surface area contributed by atoms with Gasteiger partial charge in [0.25, 0.3) is 0 Å². The van der Waals surface area contributed by atoms with Gasteiger partial charge in [-0.1, -0.05) is 36.1 Å². The molecule has 1 heterocycles. The molecule has 0 spiro atoms. The molecule has 0 unspecified atom stereocenters. The quantitative estimate of drug-likeness (QED) is 0.606. The summed E-state index contributed by atoms with van der Waals surface area (Å²) in [7, 11) is 0. The molecule has 1 atom stereocenters. The summed E-state index contributed by atoms with van der Waals surface area (Å²) in [4.78, 5) is 22.8. The van der Waals surface area contributed by atoms with Gasteiger partial charge in [-0.2, -0.15) is 0 Å². The minimum absolute atomic E-state index is 0.0967. The molecule has 1 N–H and O–H groups in total. The molecule has 0 aromatic heterocycles. The molecule has 0 aromatic rings. The maximum absolute atomic E-state index is 11.6. The highest BCUT2D eigenvalue weighted by molar-refractivity contribution is 8.16. The van der Waals surface area contributed by atoms with Crippen molar-refractivity contribution in [2.75, 3.05) is 0 Å². The van der Waals surface area contributed by atoms with Crippen molar-refractivity contribution in [2.24, 2.45) is 0 Å².